The number of carboxylic acids is 1. The second-order valence-electron chi connectivity index (χ2n) is 3.80. The Hall–Kier alpha value is -2.37. The number of rotatable bonds is 3. The Kier molecular flexibility index (Phi) is 3.01. The number of methoxy groups -OCH3 is 1. The maximum absolute atomic E-state index is 11.6. The van der Waals surface area contributed by atoms with Crippen LogP contribution in [0.2, 0.25) is 0 Å². The van der Waals surface area contributed by atoms with Crippen LogP contribution in [0.3, 0.4) is 0 Å². The second-order valence-corrected chi connectivity index (χ2v) is 3.80. The smallest absolute Gasteiger partial charge is 0.340 e. The molecule has 0 fully saturated rings. The Morgan fingerprint density at radius 3 is 2.78 bits per heavy atom. The van der Waals surface area contributed by atoms with E-state index >= 15 is 0 Å². The van der Waals surface area contributed by atoms with Crippen molar-refractivity contribution in [2.45, 2.75) is 13.5 Å². The number of nitrogens with zero attached hydrogens (tertiary/aromatic N) is 2. The van der Waals surface area contributed by atoms with Crippen LogP contribution in [0, 0.1) is 6.92 Å². The molecule has 18 heavy (non-hydrogen) atoms. The van der Waals surface area contributed by atoms with Crippen LogP contribution >= 0.6 is 0 Å². The number of aromatic nitrogens is 2. The summed E-state index contributed by atoms with van der Waals surface area (Å²) in [4.78, 5) is 26.6. The van der Waals surface area contributed by atoms with E-state index in [-0.39, 0.29) is 6.54 Å². The van der Waals surface area contributed by atoms with Gasteiger partial charge in [0.05, 0.1) is 18.2 Å². The van der Waals surface area contributed by atoms with Crippen molar-refractivity contribution in [3.63, 3.8) is 0 Å². The lowest BCUT2D eigenvalue weighted by atomic mass is 10.2. The second kappa shape index (κ2) is 4.48. The number of aryl methyl sites for hydroxylation is 1. The van der Waals surface area contributed by atoms with Gasteiger partial charge in [-0.2, -0.15) is 0 Å². The highest BCUT2D eigenvalue weighted by Crippen LogP contribution is 2.20. The summed E-state index contributed by atoms with van der Waals surface area (Å²) in [5.41, 5.74) is 1.41. The highest BCUT2D eigenvalue weighted by Gasteiger charge is 2.16. The number of aliphatic carboxylic acids is 1. The van der Waals surface area contributed by atoms with Gasteiger partial charge in [0, 0.05) is 0 Å². The van der Waals surface area contributed by atoms with Crippen LogP contribution in [0.1, 0.15) is 16.2 Å². The Balaban J connectivity index is 2.66. The molecule has 6 heteroatoms. The summed E-state index contributed by atoms with van der Waals surface area (Å²) < 4.78 is 6.22. The largest absolute Gasteiger partial charge is 0.480 e. The van der Waals surface area contributed by atoms with Crippen LogP contribution in [0.4, 0.5) is 0 Å². The van der Waals surface area contributed by atoms with Crippen molar-refractivity contribution in [1.82, 2.24) is 9.55 Å². The van der Waals surface area contributed by atoms with Crippen molar-refractivity contribution < 1.29 is 19.4 Å². The Labute approximate surface area is 103 Å². The van der Waals surface area contributed by atoms with Gasteiger partial charge in [-0.3, -0.25) is 4.79 Å². The van der Waals surface area contributed by atoms with Crippen molar-refractivity contribution in [2.24, 2.45) is 0 Å². The monoisotopic (exact) mass is 248 g/mol. The number of hydrogen-bond acceptors (Lipinski definition) is 4. The molecular formula is C12H12N2O4. The summed E-state index contributed by atoms with van der Waals surface area (Å²) in [6.07, 6.45) is 0. The van der Waals surface area contributed by atoms with Crippen LogP contribution < -0.4 is 0 Å². The number of ether oxygens (including phenoxy) is 1. The van der Waals surface area contributed by atoms with E-state index in [1.165, 1.54) is 7.11 Å². The Bertz CT molecular complexity index is 630. The summed E-state index contributed by atoms with van der Waals surface area (Å²) in [6, 6.07) is 5.00. The number of carbonyl (C=O) groups excluding carboxylic acids is 1. The maximum Gasteiger partial charge on any atom is 0.340 e. The lowest BCUT2D eigenvalue weighted by Crippen LogP contribution is -2.10. The number of imidazole rings is 1. The predicted molar refractivity (Wildman–Crippen MR) is 63.4 cm³/mol. The number of carbonyl (C=O) groups is 2. The molecule has 6 nitrogen and oxygen atoms in total. The van der Waals surface area contributed by atoms with Gasteiger partial charge in [0.25, 0.3) is 0 Å². The molecule has 1 heterocycles. The minimum Gasteiger partial charge on any atom is -0.480 e. The molecule has 1 N–H and O–H groups in total. The summed E-state index contributed by atoms with van der Waals surface area (Å²) in [5, 5.41) is 8.85. The average molecular weight is 248 g/mol. The average Bonchev–Trinajstić information content (AvgIpc) is 2.64. The Morgan fingerprint density at radius 2 is 2.17 bits per heavy atom. The molecule has 0 amide bonds. The number of hydrogen-bond donors (Lipinski definition) is 1. The molecule has 0 saturated carbocycles. The number of fused-ring (bicyclic) bond motifs is 1. The molecule has 94 valence electrons. The number of para-hydroxylation sites is 1. The van der Waals surface area contributed by atoms with Crippen LogP contribution in [-0.4, -0.2) is 33.7 Å². The quantitative estimate of drug-likeness (QED) is 0.826. The van der Waals surface area contributed by atoms with Crippen molar-refractivity contribution >= 4 is 23.0 Å². The lowest BCUT2D eigenvalue weighted by Gasteiger charge is -2.03. The minimum atomic E-state index is -0.958. The standard InChI is InChI=1S/C12H12N2O4/c1-7-13-11-8(12(17)18-2)4-3-5-9(11)14(7)6-10(15)16/h3-5H,6H2,1-2H3,(H,15,16). The summed E-state index contributed by atoms with van der Waals surface area (Å²) >= 11 is 0. The molecule has 0 bridgehead atoms. The molecular weight excluding hydrogens is 236 g/mol. The lowest BCUT2D eigenvalue weighted by molar-refractivity contribution is -0.137. The van der Waals surface area contributed by atoms with Crippen LogP contribution in [0.5, 0.6) is 0 Å². The third-order valence-electron chi connectivity index (χ3n) is 2.67. The maximum atomic E-state index is 11.6. The van der Waals surface area contributed by atoms with Crippen LogP contribution in [0.15, 0.2) is 18.2 Å². The molecule has 0 unspecified atom stereocenters. The summed E-state index contributed by atoms with van der Waals surface area (Å²) in [5.74, 6) is -0.898. The van der Waals surface area contributed by atoms with Crippen molar-refractivity contribution in [1.29, 1.82) is 0 Å². The van der Waals surface area contributed by atoms with Gasteiger partial charge in [-0.05, 0) is 19.1 Å². The zero-order valence-corrected chi connectivity index (χ0v) is 10.0. The van der Waals surface area contributed by atoms with Gasteiger partial charge in [-0.25, -0.2) is 9.78 Å². The van der Waals surface area contributed by atoms with E-state index in [4.69, 9.17) is 5.11 Å². The van der Waals surface area contributed by atoms with Crippen molar-refractivity contribution in [3.05, 3.63) is 29.6 Å². The highest BCUT2D eigenvalue weighted by atomic mass is 16.5. The van der Waals surface area contributed by atoms with Crippen molar-refractivity contribution in [3.8, 4) is 0 Å². The molecule has 2 rings (SSSR count). The fraction of sp³-hybridized carbons (Fsp3) is 0.250. The van der Waals surface area contributed by atoms with Crippen molar-refractivity contribution in [2.75, 3.05) is 7.11 Å². The molecule has 1 aromatic heterocycles. The van der Waals surface area contributed by atoms with Crippen LogP contribution in [-0.2, 0) is 16.1 Å². The topological polar surface area (TPSA) is 81.4 Å². The molecule has 2 aromatic rings. The molecule has 0 spiro atoms. The van der Waals surface area contributed by atoms with E-state index in [9.17, 15) is 9.59 Å². The Morgan fingerprint density at radius 1 is 1.44 bits per heavy atom. The fourth-order valence-electron chi connectivity index (χ4n) is 1.87. The van der Waals surface area contributed by atoms with E-state index in [1.807, 2.05) is 0 Å². The normalized spacial score (nSPS) is 10.6. The molecule has 0 saturated heterocycles. The van der Waals surface area contributed by atoms with Gasteiger partial charge in [-0.15, -0.1) is 0 Å². The van der Waals surface area contributed by atoms with Gasteiger partial charge in [0.15, 0.2) is 0 Å². The van der Waals surface area contributed by atoms with E-state index in [1.54, 1.807) is 29.7 Å². The third kappa shape index (κ3) is 1.92. The first kappa shape index (κ1) is 12.1. The molecule has 0 radical (unpaired) electrons. The molecule has 0 aliphatic rings. The van der Waals surface area contributed by atoms with Gasteiger partial charge >= 0.3 is 11.9 Å². The first-order valence-electron chi connectivity index (χ1n) is 5.30. The van der Waals surface area contributed by atoms with Gasteiger partial charge in [-0.1, -0.05) is 6.07 Å². The van der Waals surface area contributed by atoms with E-state index in [2.05, 4.69) is 9.72 Å². The van der Waals surface area contributed by atoms with E-state index in [0.717, 1.165) is 0 Å². The first-order chi connectivity index (χ1) is 8.54. The van der Waals surface area contributed by atoms with E-state index in [0.29, 0.717) is 22.4 Å². The van der Waals surface area contributed by atoms with Gasteiger partial charge in [0.2, 0.25) is 0 Å². The zero-order valence-electron chi connectivity index (χ0n) is 10.0. The first-order valence-corrected chi connectivity index (χ1v) is 5.30. The van der Waals surface area contributed by atoms with Gasteiger partial charge in [0.1, 0.15) is 17.9 Å². The number of carboxylic acid groups (broad SMARTS) is 1. The zero-order chi connectivity index (χ0) is 13.3. The summed E-state index contributed by atoms with van der Waals surface area (Å²) in [7, 11) is 1.29. The SMILES string of the molecule is COC(=O)c1cccc2c1nc(C)n2CC(=O)O. The minimum absolute atomic E-state index is 0.188. The molecule has 0 aliphatic heterocycles. The summed E-state index contributed by atoms with van der Waals surface area (Å²) in [6.45, 7) is 1.51. The number of benzene rings is 1. The molecule has 1 aromatic carbocycles. The number of esters is 1. The molecule has 0 aliphatic carbocycles. The predicted octanol–water partition coefficient (Wildman–Crippen LogP) is 1.22. The van der Waals surface area contributed by atoms with Crippen LogP contribution in [0.25, 0.3) is 11.0 Å². The molecule has 0 atom stereocenters. The van der Waals surface area contributed by atoms with Gasteiger partial charge < -0.3 is 14.4 Å². The fourth-order valence-corrected chi connectivity index (χ4v) is 1.87. The van der Waals surface area contributed by atoms with E-state index < -0.39 is 11.9 Å². The highest BCUT2D eigenvalue weighted by molar-refractivity contribution is 6.02. The third-order valence-corrected chi connectivity index (χ3v) is 2.67.